The third kappa shape index (κ3) is 2.77. The van der Waals surface area contributed by atoms with Crippen LogP contribution >= 0.6 is 0 Å². The van der Waals surface area contributed by atoms with Crippen molar-refractivity contribution in [3.63, 3.8) is 0 Å². The first-order chi connectivity index (χ1) is 9.71. The zero-order chi connectivity index (χ0) is 14.5. The molecule has 5 heteroatoms. The summed E-state index contributed by atoms with van der Waals surface area (Å²) >= 11 is 0. The number of aryl methyl sites for hydroxylation is 1. The van der Waals surface area contributed by atoms with Crippen LogP contribution in [0.1, 0.15) is 30.7 Å². The summed E-state index contributed by atoms with van der Waals surface area (Å²) in [6, 6.07) is 5.40. The van der Waals surface area contributed by atoms with Gasteiger partial charge in [-0.05, 0) is 24.1 Å². The number of nitrogens with zero attached hydrogens (tertiary/aromatic N) is 2. The molecule has 2 aromatic rings. The van der Waals surface area contributed by atoms with Gasteiger partial charge < -0.3 is 19.1 Å². The molecule has 0 saturated heterocycles. The van der Waals surface area contributed by atoms with Gasteiger partial charge in [-0.2, -0.15) is 0 Å². The average Bonchev–Trinajstić information content (AvgIpc) is 2.94. The minimum Gasteiger partial charge on any atom is -0.493 e. The van der Waals surface area contributed by atoms with Crippen LogP contribution in [0.4, 0.5) is 0 Å². The van der Waals surface area contributed by atoms with Crippen molar-refractivity contribution < 1.29 is 14.6 Å². The Labute approximate surface area is 118 Å². The molecule has 1 heterocycles. The van der Waals surface area contributed by atoms with E-state index < -0.39 is 6.10 Å². The van der Waals surface area contributed by atoms with Gasteiger partial charge in [-0.3, -0.25) is 0 Å². The molecule has 1 aromatic carbocycles. The molecule has 0 aliphatic heterocycles. The Balaban J connectivity index is 2.32. The Morgan fingerprint density at radius 1 is 1.25 bits per heavy atom. The molecular formula is C15H20N2O3. The highest BCUT2D eigenvalue weighted by Crippen LogP contribution is 2.32. The fourth-order valence-corrected chi connectivity index (χ4v) is 2.18. The van der Waals surface area contributed by atoms with Crippen molar-refractivity contribution in [2.45, 2.75) is 26.0 Å². The summed E-state index contributed by atoms with van der Waals surface area (Å²) in [7, 11) is 3.17. The van der Waals surface area contributed by atoms with Crippen LogP contribution in [0.25, 0.3) is 0 Å². The van der Waals surface area contributed by atoms with Gasteiger partial charge in [-0.1, -0.05) is 13.0 Å². The van der Waals surface area contributed by atoms with E-state index in [2.05, 4.69) is 11.9 Å². The van der Waals surface area contributed by atoms with E-state index in [9.17, 15) is 5.11 Å². The van der Waals surface area contributed by atoms with Crippen LogP contribution in [-0.2, 0) is 6.54 Å². The van der Waals surface area contributed by atoms with Crippen molar-refractivity contribution in [3.8, 4) is 11.5 Å². The minimum atomic E-state index is -0.733. The van der Waals surface area contributed by atoms with Crippen LogP contribution in [0.5, 0.6) is 11.5 Å². The summed E-state index contributed by atoms with van der Waals surface area (Å²) in [6.07, 6.45) is 3.69. The van der Waals surface area contributed by atoms with Crippen molar-refractivity contribution in [3.05, 3.63) is 42.0 Å². The Kier molecular flexibility index (Phi) is 4.63. The van der Waals surface area contributed by atoms with Crippen LogP contribution in [-0.4, -0.2) is 28.9 Å². The number of benzene rings is 1. The molecule has 0 aliphatic carbocycles. The minimum absolute atomic E-state index is 0.602. The molecule has 0 bridgehead atoms. The maximum Gasteiger partial charge on any atom is 0.161 e. The Morgan fingerprint density at radius 3 is 2.65 bits per heavy atom. The van der Waals surface area contributed by atoms with E-state index in [1.807, 2.05) is 10.6 Å². The predicted molar refractivity (Wildman–Crippen MR) is 76.1 cm³/mol. The molecular weight excluding hydrogens is 256 g/mol. The normalized spacial score (nSPS) is 12.2. The number of aliphatic hydroxyl groups is 1. The molecule has 108 valence electrons. The summed E-state index contributed by atoms with van der Waals surface area (Å²) in [5.74, 6) is 1.25. The SMILES string of the molecule is CCCn1cncc1C(O)c1ccc(OC)c(OC)c1. The third-order valence-corrected chi connectivity index (χ3v) is 3.21. The second kappa shape index (κ2) is 6.43. The highest BCUT2D eigenvalue weighted by atomic mass is 16.5. The topological polar surface area (TPSA) is 56.5 Å². The lowest BCUT2D eigenvalue weighted by Crippen LogP contribution is -2.08. The second-order valence-corrected chi connectivity index (χ2v) is 4.53. The number of hydrogen-bond acceptors (Lipinski definition) is 4. The lowest BCUT2D eigenvalue weighted by atomic mass is 10.1. The Morgan fingerprint density at radius 2 is 2.00 bits per heavy atom. The monoisotopic (exact) mass is 276 g/mol. The van der Waals surface area contributed by atoms with E-state index in [1.165, 1.54) is 0 Å². The molecule has 1 unspecified atom stereocenters. The van der Waals surface area contributed by atoms with Crippen LogP contribution in [0, 0.1) is 0 Å². The molecule has 1 aromatic heterocycles. The van der Waals surface area contributed by atoms with Gasteiger partial charge >= 0.3 is 0 Å². The smallest absolute Gasteiger partial charge is 0.161 e. The molecule has 2 rings (SSSR count). The zero-order valence-corrected chi connectivity index (χ0v) is 12.0. The first-order valence-electron chi connectivity index (χ1n) is 6.61. The fraction of sp³-hybridized carbons (Fsp3) is 0.400. The molecule has 1 atom stereocenters. The molecule has 1 N–H and O–H groups in total. The highest BCUT2D eigenvalue weighted by Gasteiger charge is 2.17. The fourth-order valence-electron chi connectivity index (χ4n) is 2.18. The van der Waals surface area contributed by atoms with Crippen LogP contribution in [0.3, 0.4) is 0 Å². The molecule has 0 aliphatic rings. The van der Waals surface area contributed by atoms with Gasteiger partial charge in [0, 0.05) is 6.54 Å². The average molecular weight is 276 g/mol. The predicted octanol–water partition coefficient (Wildman–Crippen LogP) is 2.39. The second-order valence-electron chi connectivity index (χ2n) is 4.53. The van der Waals surface area contributed by atoms with Gasteiger partial charge in [-0.15, -0.1) is 0 Å². The molecule has 5 nitrogen and oxygen atoms in total. The van der Waals surface area contributed by atoms with Crippen molar-refractivity contribution in [2.75, 3.05) is 14.2 Å². The van der Waals surface area contributed by atoms with Gasteiger partial charge in [0.1, 0.15) is 6.10 Å². The quantitative estimate of drug-likeness (QED) is 0.880. The van der Waals surface area contributed by atoms with Crippen molar-refractivity contribution in [2.24, 2.45) is 0 Å². The summed E-state index contributed by atoms with van der Waals surface area (Å²) in [4.78, 5) is 4.11. The summed E-state index contributed by atoms with van der Waals surface area (Å²) in [5, 5.41) is 10.5. The summed E-state index contributed by atoms with van der Waals surface area (Å²) < 4.78 is 12.4. The maximum atomic E-state index is 10.5. The Hall–Kier alpha value is -2.01. The number of methoxy groups -OCH3 is 2. The van der Waals surface area contributed by atoms with Crippen molar-refractivity contribution in [1.82, 2.24) is 9.55 Å². The maximum absolute atomic E-state index is 10.5. The lowest BCUT2D eigenvalue weighted by molar-refractivity contribution is 0.209. The van der Waals surface area contributed by atoms with E-state index in [0.29, 0.717) is 11.5 Å². The number of aliphatic hydroxyl groups excluding tert-OH is 1. The van der Waals surface area contributed by atoms with Gasteiger partial charge in [-0.25, -0.2) is 4.98 Å². The molecule has 0 fully saturated rings. The Bertz CT molecular complexity index is 566. The summed E-state index contributed by atoms with van der Waals surface area (Å²) in [6.45, 7) is 2.92. The standard InChI is InChI=1S/C15H20N2O3/c1-4-7-17-10-16-9-12(17)15(18)11-5-6-13(19-2)14(8-11)20-3/h5-6,8-10,15,18H,4,7H2,1-3H3. The summed E-state index contributed by atoms with van der Waals surface area (Å²) in [5.41, 5.74) is 1.53. The van der Waals surface area contributed by atoms with E-state index >= 15 is 0 Å². The number of hydrogen-bond donors (Lipinski definition) is 1. The number of imidazole rings is 1. The first-order valence-corrected chi connectivity index (χ1v) is 6.61. The van der Waals surface area contributed by atoms with Crippen molar-refractivity contribution >= 4 is 0 Å². The number of ether oxygens (including phenoxy) is 2. The van der Waals surface area contributed by atoms with Crippen LogP contribution < -0.4 is 9.47 Å². The molecule has 0 radical (unpaired) electrons. The number of rotatable bonds is 6. The van der Waals surface area contributed by atoms with Gasteiger partial charge in [0.25, 0.3) is 0 Å². The van der Waals surface area contributed by atoms with Crippen molar-refractivity contribution in [1.29, 1.82) is 0 Å². The van der Waals surface area contributed by atoms with Gasteiger partial charge in [0.05, 0.1) is 32.4 Å². The van der Waals surface area contributed by atoms with E-state index in [-0.39, 0.29) is 0 Å². The molecule has 20 heavy (non-hydrogen) atoms. The number of aromatic nitrogens is 2. The van der Waals surface area contributed by atoms with E-state index in [4.69, 9.17) is 9.47 Å². The third-order valence-electron chi connectivity index (χ3n) is 3.21. The molecule has 0 amide bonds. The highest BCUT2D eigenvalue weighted by molar-refractivity contribution is 5.44. The molecule has 0 saturated carbocycles. The van der Waals surface area contributed by atoms with Gasteiger partial charge in [0.2, 0.25) is 0 Å². The van der Waals surface area contributed by atoms with Gasteiger partial charge in [0.15, 0.2) is 11.5 Å². The largest absolute Gasteiger partial charge is 0.493 e. The van der Waals surface area contributed by atoms with E-state index in [1.54, 1.807) is 38.9 Å². The van der Waals surface area contributed by atoms with E-state index in [0.717, 1.165) is 24.2 Å². The van der Waals surface area contributed by atoms with Crippen LogP contribution in [0.15, 0.2) is 30.7 Å². The zero-order valence-electron chi connectivity index (χ0n) is 12.0. The lowest BCUT2D eigenvalue weighted by Gasteiger charge is -2.15. The first kappa shape index (κ1) is 14.4. The molecule has 0 spiro atoms. The van der Waals surface area contributed by atoms with Crippen LogP contribution in [0.2, 0.25) is 0 Å².